The van der Waals surface area contributed by atoms with Crippen molar-refractivity contribution in [2.75, 3.05) is 14.2 Å². The minimum atomic E-state index is -0.281. The van der Waals surface area contributed by atoms with Crippen LogP contribution >= 0.6 is 0 Å². The highest BCUT2D eigenvalue weighted by Gasteiger charge is 2.15. The molecule has 0 spiro atoms. The van der Waals surface area contributed by atoms with E-state index in [0.29, 0.717) is 17.7 Å². The van der Waals surface area contributed by atoms with Crippen molar-refractivity contribution in [1.29, 1.82) is 0 Å². The summed E-state index contributed by atoms with van der Waals surface area (Å²) in [7, 11) is 3.44. The molecule has 1 rings (SSSR count). The summed E-state index contributed by atoms with van der Waals surface area (Å²) >= 11 is 0. The van der Waals surface area contributed by atoms with E-state index in [1.165, 1.54) is 7.11 Å². The first-order chi connectivity index (χ1) is 8.12. The van der Waals surface area contributed by atoms with Gasteiger partial charge in [0.15, 0.2) is 11.6 Å². The molecular weight excluding hydrogens is 217 g/mol. The summed E-state index contributed by atoms with van der Waals surface area (Å²) in [5.41, 5.74) is 1.03. The van der Waals surface area contributed by atoms with E-state index in [4.69, 9.17) is 4.74 Å². The quantitative estimate of drug-likeness (QED) is 0.824. The molecule has 0 amide bonds. The molecule has 3 heteroatoms. The van der Waals surface area contributed by atoms with Gasteiger partial charge in [-0.3, -0.25) is 0 Å². The number of methoxy groups -OCH3 is 1. The van der Waals surface area contributed by atoms with E-state index in [1.807, 2.05) is 13.1 Å². The van der Waals surface area contributed by atoms with Gasteiger partial charge < -0.3 is 10.1 Å². The third-order valence-electron chi connectivity index (χ3n) is 3.40. The molecule has 96 valence electrons. The summed E-state index contributed by atoms with van der Waals surface area (Å²) in [6.07, 6.45) is 1.97. The Morgan fingerprint density at radius 1 is 1.41 bits per heavy atom. The topological polar surface area (TPSA) is 21.3 Å². The molecule has 2 nitrogen and oxygen atoms in total. The second-order valence-electron chi connectivity index (χ2n) is 4.42. The van der Waals surface area contributed by atoms with Crippen molar-refractivity contribution >= 4 is 0 Å². The van der Waals surface area contributed by atoms with Gasteiger partial charge in [0.1, 0.15) is 0 Å². The van der Waals surface area contributed by atoms with Gasteiger partial charge >= 0.3 is 0 Å². The molecule has 2 atom stereocenters. The molecule has 1 N–H and O–H groups in total. The van der Waals surface area contributed by atoms with Crippen molar-refractivity contribution < 1.29 is 9.13 Å². The summed E-state index contributed by atoms with van der Waals surface area (Å²) in [6, 6.07) is 5.64. The Balaban J connectivity index is 2.76. The number of halogens is 1. The van der Waals surface area contributed by atoms with E-state index in [-0.39, 0.29) is 5.82 Å². The minimum Gasteiger partial charge on any atom is -0.494 e. The van der Waals surface area contributed by atoms with Crippen molar-refractivity contribution in [3.63, 3.8) is 0 Å². The van der Waals surface area contributed by atoms with Gasteiger partial charge in [0.25, 0.3) is 0 Å². The summed E-state index contributed by atoms with van der Waals surface area (Å²) in [5, 5.41) is 3.25. The van der Waals surface area contributed by atoms with Crippen molar-refractivity contribution in [1.82, 2.24) is 5.32 Å². The maximum Gasteiger partial charge on any atom is 0.165 e. The van der Waals surface area contributed by atoms with E-state index in [0.717, 1.165) is 18.4 Å². The predicted molar refractivity (Wildman–Crippen MR) is 69.0 cm³/mol. The van der Waals surface area contributed by atoms with Crippen LogP contribution < -0.4 is 10.1 Å². The minimum absolute atomic E-state index is 0.281. The maximum atomic E-state index is 13.5. The average Bonchev–Trinajstić information content (AvgIpc) is 2.35. The molecule has 0 heterocycles. The lowest BCUT2D eigenvalue weighted by atomic mass is 9.91. The van der Waals surface area contributed by atoms with E-state index >= 15 is 0 Å². The first kappa shape index (κ1) is 14.0. The van der Waals surface area contributed by atoms with Crippen LogP contribution in [0.25, 0.3) is 0 Å². The zero-order valence-electron chi connectivity index (χ0n) is 11.1. The van der Waals surface area contributed by atoms with E-state index in [1.54, 1.807) is 12.1 Å². The Kier molecular flexibility index (Phi) is 5.42. The van der Waals surface area contributed by atoms with Gasteiger partial charge in [-0.15, -0.1) is 0 Å². The number of rotatable bonds is 6. The van der Waals surface area contributed by atoms with Crippen LogP contribution in [0.2, 0.25) is 0 Å². The third-order valence-corrected chi connectivity index (χ3v) is 3.40. The van der Waals surface area contributed by atoms with Gasteiger partial charge in [-0.1, -0.05) is 19.4 Å². The van der Waals surface area contributed by atoms with Crippen LogP contribution in [0.1, 0.15) is 25.8 Å². The standard InChI is InChI=1S/C14H22FNO/c1-5-12(10(2)16-3)8-11-6-7-14(17-4)13(15)9-11/h6-7,9-10,12,16H,5,8H2,1-4H3. The Hall–Kier alpha value is -1.09. The number of benzene rings is 1. The number of ether oxygens (including phenoxy) is 1. The second-order valence-corrected chi connectivity index (χ2v) is 4.42. The highest BCUT2D eigenvalue weighted by Crippen LogP contribution is 2.21. The van der Waals surface area contributed by atoms with Crippen LogP contribution in [0.5, 0.6) is 5.75 Å². The Bertz CT molecular complexity index is 354. The zero-order valence-corrected chi connectivity index (χ0v) is 11.1. The SMILES string of the molecule is CCC(Cc1ccc(OC)c(F)c1)C(C)NC. The lowest BCUT2D eigenvalue weighted by Gasteiger charge is -2.22. The van der Waals surface area contributed by atoms with Gasteiger partial charge in [0.05, 0.1) is 7.11 Å². The molecule has 0 saturated carbocycles. The summed E-state index contributed by atoms with van der Waals surface area (Å²) in [4.78, 5) is 0. The molecule has 1 aromatic rings. The maximum absolute atomic E-state index is 13.5. The lowest BCUT2D eigenvalue weighted by molar-refractivity contribution is 0.375. The van der Waals surface area contributed by atoms with Crippen LogP contribution in [0.3, 0.4) is 0 Å². The second kappa shape index (κ2) is 6.60. The lowest BCUT2D eigenvalue weighted by Crippen LogP contribution is -2.31. The molecule has 0 aromatic heterocycles. The molecular formula is C14H22FNO. The van der Waals surface area contributed by atoms with Crippen molar-refractivity contribution in [3.05, 3.63) is 29.6 Å². The molecule has 0 fully saturated rings. The monoisotopic (exact) mass is 239 g/mol. The largest absolute Gasteiger partial charge is 0.494 e. The predicted octanol–water partition coefficient (Wildman–Crippen LogP) is 3.01. The Morgan fingerprint density at radius 2 is 2.12 bits per heavy atom. The van der Waals surface area contributed by atoms with E-state index < -0.39 is 0 Å². The first-order valence-electron chi connectivity index (χ1n) is 6.12. The highest BCUT2D eigenvalue weighted by molar-refractivity contribution is 5.29. The number of hydrogen-bond donors (Lipinski definition) is 1. The smallest absolute Gasteiger partial charge is 0.165 e. The van der Waals surface area contributed by atoms with Crippen LogP contribution in [0, 0.1) is 11.7 Å². The van der Waals surface area contributed by atoms with Crippen molar-refractivity contribution in [3.8, 4) is 5.75 Å². The molecule has 0 bridgehead atoms. The summed E-state index contributed by atoms with van der Waals surface area (Å²) in [6.45, 7) is 4.33. The fraction of sp³-hybridized carbons (Fsp3) is 0.571. The Labute approximate surface area is 103 Å². The fourth-order valence-electron chi connectivity index (χ4n) is 2.05. The molecule has 0 aliphatic heterocycles. The van der Waals surface area contributed by atoms with Crippen molar-refractivity contribution in [2.24, 2.45) is 5.92 Å². The van der Waals surface area contributed by atoms with Gasteiger partial charge in [0, 0.05) is 6.04 Å². The molecule has 2 unspecified atom stereocenters. The van der Waals surface area contributed by atoms with Gasteiger partial charge in [-0.2, -0.15) is 0 Å². The number of hydrogen-bond acceptors (Lipinski definition) is 2. The fourth-order valence-corrected chi connectivity index (χ4v) is 2.05. The molecule has 0 radical (unpaired) electrons. The van der Waals surface area contributed by atoms with Crippen LogP contribution in [0.4, 0.5) is 4.39 Å². The van der Waals surface area contributed by atoms with E-state index in [9.17, 15) is 4.39 Å². The third kappa shape index (κ3) is 3.70. The van der Waals surface area contributed by atoms with Crippen LogP contribution in [-0.2, 0) is 6.42 Å². The summed E-state index contributed by atoms with van der Waals surface area (Å²) in [5.74, 6) is 0.549. The molecule has 0 aliphatic carbocycles. The van der Waals surface area contributed by atoms with Gasteiger partial charge in [0.2, 0.25) is 0 Å². The zero-order chi connectivity index (χ0) is 12.8. The van der Waals surface area contributed by atoms with Gasteiger partial charge in [-0.05, 0) is 44.0 Å². The molecule has 1 aromatic carbocycles. The molecule has 17 heavy (non-hydrogen) atoms. The molecule has 0 aliphatic rings. The first-order valence-corrected chi connectivity index (χ1v) is 6.12. The molecule has 0 saturated heterocycles. The summed E-state index contributed by atoms with van der Waals surface area (Å²) < 4.78 is 18.5. The average molecular weight is 239 g/mol. The number of nitrogens with one attached hydrogen (secondary N) is 1. The van der Waals surface area contributed by atoms with E-state index in [2.05, 4.69) is 19.2 Å². The highest BCUT2D eigenvalue weighted by atomic mass is 19.1. The Morgan fingerprint density at radius 3 is 2.59 bits per heavy atom. The normalized spacial score (nSPS) is 14.4. The van der Waals surface area contributed by atoms with Gasteiger partial charge in [-0.25, -0.2) is 4.39 Å². The van der Waals surface area contributed by atoms with Crippen LogP contribution in [0.15, 0.2) is 18.2 Å². The van der Waals surface area contributed by atoms with Crippen molar-refractivity contribution in [2.45, 2.75) is 32.7 Å². The van der Waals surface area contributed by atoms with Crippen LogP contribution in [-0.4, -0.2) is 20.2 Å².